The molecule has 92 valence electrons. The number of thiazole rings is 1. The van der Waals surface area contributed by atoms with Crippen LogP contribution in [0.2, 0.25) is 0 Å². The highest BCUT2D eigenvalue weighted by Gasteiger charge is 2.15. The van der Waals surface area contributed by atoms with E-state index in [9.17, 15) is 5.11 Å². The number of nitrogens with zero attached hydrogens (tertiary/aromatic N) is 2. The van der Waals surface area contributed by atoms with Crippen molar-refractivity contribution in [3.63, 3.8) is 0 Å². The monoisotopic (exact) mass is 242 g/mol. The van der Waals surface area contributed by atoms with E-state index in [0.29, 0.717) is 12.0 Å². The Morgan fingerprint density at radius 3 is 2.44 bits per heavy atom. The molecule has 0 aliphatic rings. The van der Waals surface area contributed by atoms with Crippen LogP contribution in [0.25, 0.3) is 0 Å². The molecule has 0 bridgehead atoms. The van der Waals surface area contributed by atoms with Crippen LogP contribution < -0.4 is 4.90 Å². The molecule has 16 heavy (non-hydrogen) atoms. The Morgan fingerprint density at radius 1 is 1.38 bits per heavy atom. The van der Waals surface area contributed by atoms with Crippen LogP contribution in [-0.4, -0.2) is 23.2 Å². The number of rotatable bonds is 5. The highest BCUT2D eigenvalue weighted by molar-refractivity contribution is 7.15. The van der Waals surface area contributed by atoms with E-state index in [0.717, 1.165) is 16.4 Å². The van der Waals surface area contributed by atoms with E-state index in [2.05, 4.69) is 37.7 Å². The maximum absolute atomic E-state index is 9.45. The predicted molar refractivity (Wildman–Crippen MR) is 70.1 cm³/mol. The lowest BCUT2D eigenvalue weighted by Gasteiger charge is -2.25. The van der Waals surface area contributed by atoms with Crippen molar-refractivity contribution in [3.05, 3.63) is 11.1 Å². The molecule has 3 nitrogen and oxygen atoms in total. The Kier molecular flexibility index (Phi) is 4.74. The second-order valence-electron chi connectivity index (χ2n) is 4.81. The molecule has 1 N–H and O–H groups in total. The van der Waals surface area contributed by atoms with E-state index in [1.165, 1.54) is 0 Å². The van der Waals surface area contributed by atoms with Crippen LogP contribution in [0.1, 0.15) is 45.1 Å². The number of hydrogen-bond acceptors (Lipinski definition) is 4. The highest BCUT2D eigenvalue weighted by Crippen LogP contribution is 2.28. The summed E-state index contributed by atoms with van der Waals surface area (Å²) in [6.45, 7) is 8.44. The fourth-order valence-electron chi connectivity index (χ4n) is 1.66. The molecule has 0 saturated heterocycles. The first-order valence-corrected chi connectivity index (χ1v) is 6.60. The Morgan fingerprint density at radius 2 is 2.00 bits per heavy atom. The standard InChI is InChI=1S/C12H22N2OS/c1-8(2)6-9(3)14(5)12-13-7-11(16-12)10(4)15/h7-10,15H,6H2,1-5H3. The lowest BCUT2D eigenvalue weighted by Crippen LogP contribution is -2.29. The number of hydrogen-bond donors (Lipinski definition) is 1. The fourth-order valence-corrected chi connectivity index (χ4v) is 2.58. The molecule has 2 unspecified atom stereocenters. The van der Waals surface area contributed by atoms with Crippen LogP contribution in [-0.2, 0) is 0 Å². The zero-order valence-electron chi connectivity index (χ0n) is 10.8. The van der Waals surface area contributed by atoms with Crippen LogP contribution in [0.4, 0.5) is 5.13 Å². The minimum absolute atomic E-state index is 0.417. The predicted octanol–water partition coefficient (Wildman–Crippen LogP) is 3.07. The average molecular weight is 242 g/mol. The van der Waals surface area contributed by atoms with Crippen molar-refractivity contribution >= 4 is 16.5 Å². The fraction of sp³-hybridized carbons (Fsp3) is 0.750. The number of aromatic nitrogens is 1. The van der Waals surface area contributed by atoms with Crippen LogP contribution in [0, 0.1) is 5.92 Å². The van der Waals surface area contributed by atoms with Gasteiger partial charge in [0.05, 0.1) is 11.0 Å². The first kappa shape index (κ1) is 13.5. The quantitative estimate of drug-likeness (QED) is 0.862. The van der Waals surface area contributed by atoms with E-state index in [4.69, 9.17) is 0 Å². The van der Waals surface area contributed by atoms with Gasteiger partial charge in [0.1, 0.15) is 0 Å². The number of anilines is 1. The smallest absolute Gasteiger partial charge is 0.185 e. The topological polar surface area (TPSA) is 36.4 Å². The summed E-state index contributed by atoms with van der Waals surface area (Å²) in [5.74, 6) is 0.689. The van der Waals surface area contributed by atoms with Gasteiger partial charge >= 0.3 is 0 Å². The third-order valence-electron chi connectivity index (χ3n) is 2.70. The summed E-state index contributed by atoms with van der Waals surface area (Å²) < 4.78 is 0. The molecule has 0 fully saturated rings. The molecule has 1 rings (SSSR count). The molecular weight excluding hydrogens is 220 g/mol. The van der Waals surface area contributed by atoms with Crippen molar-refractivity contribution in [3.8, 4) is 0 Å². The molecule has 1 aromatic heterocycles. The first-order chi connectivity index (χ1) is 7.41. The average Bonchev–Trinajstić information content (AvgIpc) is 2.64. The van der Waals surface area contributed by atoms with Crippen molar-refractivity contribution in [2.75, 3.05) is 11.9 Å². The van der Waals surface area contributed by atoms with Gasteiger partial charge in [0.2, 0.25) is 0 Å². The molecule has 0 amide bonds. The van der Waals surface area contributed by atoms with Crippen LogP contribution in [0.15, 0.2) is 6.20 Å². The second kappa shape index (κ2) is 5.64. The van der Waals surface area contributed by atoms with Crippen LogP contribution in [0.5, 0.6) is 0 Å². The van der Waals surface area contributed by atoms with E-state index < -0.39 is 6.10 Å². The van der Waals surface area contributed by atoms with Gasteiger partial charge in [0.25, 0.3) is 0 Å². The molecule has 1 heterocycles. The van der Waals surface area contributed by atoms with E-state index in [1.807, 2.05) is 0 Å². The van der Waals surface area contributed by atoms with Gasteiger partial charge < -0.3 is 10.0 Å². The lowest BCUT2D eigenvalue weighted by atomic mass is 10.0. The molecule has 2 atom stereocenters. The minimum Gasteiger partial charge on any atom is -0.388 e. The van der Waals surface area contributed by atoms with Crippen molar-refractivity contribution in [2.45, 2.75) is 46.3 Å². The molecule has 0 aromatic carbocycles. The van der Waals surface area contributed by atoms with Crippen molar-refractivity contribution in [2.24, 2.45) is 5.92 Å². The third kappa shape index (κ3) is 3.46. The van der Waals surface area contributed by atoms with Gasteiger partial charge in [-0.1, -0.05) is 25.2 Å². The molecular formula is C12H22N2OS. The molecule has 0 aliphatic heterocycles. The highest BCUT2D eigenvalue weighted by atomic mass is 32.1. The third-order valence-corrected chi connectivity index (χ3v) is 3.96. The zero-order valence-corrected chi connectivity index (χ0v) is 11.6. The number of aliphatic hydroxyl groups is 1. The Hall–Kier alpha value is -0.610. The van der Waals surface area contributed by atoms with E-state index in [1.54, 1.807) is 24.5 Å². The van der Waals surface area contributed by atoms with Crippen LogP contribution in [0.3, 0.4) is 0 Å². The normalized spacial score (nSPS) is 15.2. The summed E-state index contributed by atoms with van der Waals surface area (Å²) in [7, 11) is 2.07. The SMILES string of the molecule is CC(C)CC(C)N(C)c1ncc(C(C)O)s1. The largest absolute Gasteiger partial charge is 0.388 e. The van der Waals surface area contributed by atoms with Gasteiger partial charge in [0.15, 0.2) is 5.13 Å². The van der Waals surface area contributed by atoms with Gasteiger partial charge in [-0.25, -0.2) is 4.98 Å². The van der Waals surface area contributed by atoms with Crippen molar-refractivity contribution < 1.29 is 5.11 Å². The molecule has 0 saturated carbocycles. The first-order valence-electron chi connectivity index (χ1n) is 5.78. The number of aliphatic hydroxyl groups excluding tert-OH is 1. The zero-order chi connectivity index (χ0) is 12.3. The van der Waals surface area contributed by atoms with Gasteiger partial charge in [-0.15, -0.1) is 0 Å². The van der Waals surface area contributed by atoms with E-state index >= 15 is 0 Å². The summed E-state index contributed by atoms with van der Waals surface area (Å²) in [5.41, 5.74) is 0. The van der Waals surface area contributed by atoms with Gasteiger partial charge in [-0.05, 0) is 26.2 Å². The molecule has 4 heteroatoms. The molecule has 0 spiro atoms. The second-order valence-corrected chi connectivity index (χ2v) is 5.85. The Balaban J connectivity index is 2.68. The summed E-state index contributed by atoms with van der Waals surface area (Å²) in [4.78, 5) is 7.47. The maximum Gasteiger partial charge on any atom is 0.185 e. The maximum atomic E-state index is 9.45. The van der Waals surface area contributed by atoms with Gasteiger partial charge in [-0.2, -0.15) is 0 Å². The van der Waals surface area contributed by atoms with Gasteiger partial charge in [-0.3, -0.25) is 0 Å². The molecule has 1 aromatic rings. The lowest BCUT2D eigenvalue weighted by molar-refractivity contribution is 0.203. The minimum atomic E-state index is -0.417. The van der Waals surface area contributed by atoms with E-state index in [-0.39, 0.29) is 0 Å². The Labute approximate surface area is 102 Å². The summed E-state index contributed by atoms with van der Waals surface area (Å²) >= 11 is 1.57. The summed E-state index contributed by atoms with van der Waals surface area (Å²) in [5, 5.41) is 10.4. The molecule has 0 aliphatic carbocycles. The summed E-state index contributed by atoms with van der Waals surface area (Å²) in [6, 6.07) is 0.480. The van der Waals surface area contributed by atoms with Crippen LogP contribution >= 0.6 is 11.3 Å². The van der Waals surface area contributed by atoms with Crippen molar-refractivity contribution in [1.82, 2.24) is 4.98 Å². The van der Waals surface area contributed by atoms with Gasteiger partial charge in [0, 0.05) is 19.3 Å². The summed E-state index contributed by atoms with van der Waals surface area (Å²) in [6.07, 6.45) is 2.50. The van der Waals surface area contributed by atoms with Crippen molar-refractivity contribution in [1.29, 1.82) is 0 Å². The Bertz CT molecular complexity index is 323. The molecule has 0 radical (unpaired) electrons.